The topological polar surface area (TPSA) is 29.5 Å². The summed E-state index contributed by atoms with van der Waals surface area (Å²) in [4.78, 5) is 0. The maximum absolute atomic E-state index is 8.93. The van der Waals surface area contributed by atoms with Crippen molar-refractivity contribution in [2.24, 2.45) is 5.92 Å². The summed E-state index contributed by atoms with van der Waals surface area (Å²) in [5.74, 6) is 1.61. The van der Waals surface area contributed by atoms with Gasteiger partial charge in [-0.15, -0.1) is 0 Å². The van der Waals surface area contributed by atoms with Crippen molar-refractivity contribution in [3.63, 3.8) is 0 Å². The summed E-state index contributed by atoms with van der Waals surface area (Å²) in [5, 5.41) is 8.93. The van der Waals surface area contributed by atoms with Crippen LogP contribution in [-0.4, -0.2) is 17.8 Å². The lowest BCUT2D eigenvalue weighted by Gasteiger charge is -2.29. The highest BCUT2D eigenvalue weighted by molar-refractivity contribution is 5.28. The van der Waals surface area contributed by atoms with Gasteiger partial charge in [-0.2, -0.15) is 0 Å². The second kappa shape index (κ2) is 6.06. The maximum atomic E-state index is 8.93. The standard InChI is InChI=1S/C15H22O2/c1-12-5-2-3-8-15(12)17-14-7-4-6-13(11-14)9-10-16/h4,6-7,11-12,15-16H,2-3,5,8-10H2,1H3/t12-,15-/m1/s1. The Bertz CT molecular complexity index is 349. The summed E-state index contributed by atoms with van der Waals surface area (Å²) < 4.78 is 6.07. The van der Waals surface area contributed by atoms with E-state index in [-0.39, 0.29) is 6.61 Å². The Balaban J connectivity index is 1.99. The third-order valence-electron chi connectivity index (χ3n) is 3.62. The first-order chi connectivity index (χ1) is 8.29. The van der Waals surface area contributed by atoms with Crippen LogP contribution in [0.25, 0.3) is 0 Å². The largest absolute Gasteiger partial charge is 0.490 e. The summed E-state index contributed by atoms with van der Waals surface area (Å²) in [6, 6.07) is 8.11. The van der Waals surface area contributed by atoms with Crippen LogP contribution in [-0.2, 0) is 6.42 Å². The van der Waals surface area contributed by atoms with Gasteiger partial charge >= 0.3 is 0 Å². The summed E-state index contributed by atoms with van der Waals surface area (Å²) in [7, 11) is 0. The number of hydrogen-bond donors (Lipinski definition) is 1. The number of aliphatic hydroxyl groups is 1. The van der Waals surface area contributed by atoms with Gasteiger partial charge in [0.15, 0.2) is 0 Å². The Kier molecular flexibility index (Phi) is 4.43. The van der Waals surface area contributed by atoms with Gasteiger partial charge in [-0.25, -0.2) is 0 Å². The van der Waals surface area contributed by atoms with Crippen LogP contribution in [0.15, 0.2) is 24.3 Å². The van der Waals surface area contributed by atoms with Crippen LogP contribution in [0.4, 0.5) is 0 Å². The van der Waals surface area contributed by atoms with Crippen molar-refractivity contribution in [1.29, 1.82) is 0 Å². The normalized spacial score (nSPS) is 24.6. The van der Waals surface area contributed by atoms with Crippen molar-refractivity contribution in [3.8, 4) is 5.75 Å². The van der Waals surface area contributed by atoms with Crippen LogP contribution >= 0.6 is 0 Å². The summed E-state index contributed by atoms with van der Waals surface area (Å²) in [6.07, 6.45) is 6.15. The lowest BCUT2D eigenvalue weighted by molar-refractivity contribution is 0.102. The fourth-order valence-electron chi connectivity index (χ4n) is 2.54. The minimum atomic E-state index is 0.198. The number of hydrogen-bond acceptors (Lipinski definition) is 2. The van der Waals surface area contributed by atoms with Gasteiger partial charge in [0.25, 0.3) is 0 Å². The van der Waals surface area contributed by atoms with E-state index in [0.29, 0.717) is 18.4 Å². The van der Waals surface area contributed by atoms with Crippen molar-refractivity contribution in [1.82, 2.24) is 0 Å². The molecule has 0 aromatic heterocycles. The number of ether oxygens (including phenoxy) is 1. The zero-order chi connectivity index (χ0) is 12.1. The molecule has 0 saturated heterocycles. The first-order valence-electron chi connectivity index (χ1n) is 6.66. The van der Waals surface area contributed by atoms with E-state index in [1.54, 1.807) is 0 Å². The van der Waals surface area contributed by atoms with Gasteiger partial charge < -0.3 is 9.84 Å². The Morgan fingerprint density at radius 1 is 1.29 bits per heavy atom. The fraction of sp³-hybridized carbons (Fsp3) is 0.600. The highest BCUT2D eigenvalue weighted by atomic mass is 16.5. The quantitative estimate of drug-likeness (QED) is 0.867. The Morgan fingerprint density at radius 3 is 2.88 bits per heavy atom. The van der Waals surface area contributed by atoms with E-state index in [1.165, 1.54) is 25.7 Å². The Labute approximate surface area is 104 Å². The third kappa shape index (κ3) is 3.47. The molecular weight excluding hydrogens is 212 g/mol. The van der Waals surface area contributed by atoms with E-state index in [0.717, 1.165) is 11.3 Å². The molecule has 2 atom stereocenters. The number of aliphatic hydroxyl groups excluding tert-OH is 1. The predicted octanol–water partition coefficient (Wildman–Crippen LogP) is 3.18. The van der Waals surface area contributed by atoms with Gasteiger partial charge in [-0.3, -0.25) is 0 Å². The van der Waals surface area contributed by atoms with Crippen molar-refractivity contribution >= 4 is 0 Å². The molecule has 1 N–H and O–H groups in total. The average Bonchev–Trinajstić information content (AvgIpc) is 2.33. The van der Waals surface area contributed by atoms with E-state index < -0.39 is 0 Å². The molecule has 0 spiro atoms. The Hall–Kier alpha value is -1.02. The van der Waals surface area contributed by atoms with Crippen molar-refractivity contribution in [2.75, 3.05) is 6.61 Å². The number of benzene rings is 1. The van der Waals surface area contributed by atoms with Crippen LogP contribution in [0.1, 0.15) is 38.2 Å². The molecule has 1 aliphatic rings. The zero-order valence-electron chi connectivity index (χ0n) is 10.6. The molecule has 17 heavy (non-hydrogen) atoms. The molecule has 0 heterocycles. The molecule has 1 aromatic rings. The second-order valence-corrected chi connectivity index (χ2v) is 5.04. The van der Waals surface area contributed by atoms with Crippen LogP contribution in [0, 0.1) is 5.92 Å². The first-order valence-corrected chi connectivity index (χ1v) is 6.66. The molecule has 1 fully saturated rings. The molecule has 0 unspecified atom stereocenters. The second-order valence-electron chi connectivity index (χ2n) is 5.04. The predicted molar refractivity (Wildman–Crippen MR) is 69.3 cm³/mol. The van der Waals surface area contributed by atoms with Gasteiger partial charge in [-0.05, 0) is 49.3 Å². The minimum absolute atomic E-state index is 0.198. The summed E-state index contributed by atoms with van der Waals surface area (Å²) in [6.45, 7) is 2.48. The summed E-state index contributed by atoms with van der Waals surface area (Å²) >= 11 is 0. The molecule has 94 valence electrons. The van der Waals surface area contributed by atoms with Crippen LogP contribution in [0.5, 0.6) is 5.75 Å². The molecule has 0 radical (unpaired) electrons. The average molecular weight is 234 g/mol. The van der Waals surface area contributed by atoms with Crippen molar-refractivity contribution in [2.45, 2.75) is 45.1 Å². The highest BCUT2D eigenvalue weighted by Gasteiger charge is 2.22. The van der Waals surface area contributed by atoms with Gasteiger partial charge in [-0.1, -0.05) is 25.5 Å². The van der Waals surface area contributed by atoms with Crippen molar-refractivity contribution < 1.29 is 9.84 Å². The van der Waals surface area contributed by atoms with E-state index in [2.05, 4.69) is 13.0 Å². The lowest BCUT2D eigenvalue weighted by Crippen LogP contribution is -2.28. The molecule has 2 nitrogen and oxygen atoms in total. The molecule has 1 aromatic carbocycles. The summed E-state index contributed by atoms with van der Waals surface area (Å²) in [5.41, 5.74) is 1.15. The molecule has 0 aliphatic heterocycles. The van der Waals surface area contributed by atoms with Crippen LogP contribution in [0.3, 0.4) is 0 Å². The molecule has 0 amide bonds. The van der Waals surface area contributed by atoms with Gasteiger partial charge in [0.05, 0.1) is 0 Å². The fourth-order valence-corrected chi connectivity index (χ4v) is 2.54. The lowest BCUT2D eigenvalue weighted by atomic mass is 9.88. The van der Waals surface area contributed by atoms with E-state index in [9.17, 15) is 0 Å². The molecule has 1 saturated carbocycles. The molecule has 2 heteroatoms. The maximum Gasteiger partial charge on any atom is 0.120 e. The zero-order valence-corrected chi connectivity index (χ0v) is 10.6. The van der Waals surface area contributed by atoms with Crippen LogP contribution < -0.4 is 4.74 Å². The van der Waals surface area contributed by atoms with Crippen molar-refractivity contribution in [3.05, 3.63) is 29.8 Å². The molecule has 1 aliphatic carbocycles. The van der Waals surface area contributed by atoms with Gasteiger partial charge in [0, 0.05) is 6.61 Å². The SMILES string of the molecule is C[C@@H]1CCCC[C@H]1Oc1cccc(CCO)c1. The molecule has 0 bridgehead atoms. The van der Waals surface area contributed by atoms with E-state index >= 15 is 0 Å². The minimum Gasteiger partial charge on any atom is -0.490 e. The number of rotatable bonds is 4. The van der Waals surface area contributed by atoms with Gasteiger partial charge in [0.2, 0.25) is 0 Å². The molecular formula is C15H22O2. The Morgan fingerprint density at radius 2 is 2.12 bits per heavy atom. The first kappa shape index (κ1) is 12.4. The monoisotopic (exact) mass is 234 g/mol. The highest BCUT2D eigenvalue weighted by Crippen LogP contribution is 2.28. The van der Waals surface area contributed by atoms with Crippen LogP contribution in [0.2, 0.25) is 0 Å². The van der Waals surface area contributed by atoms with Gasteiger partial charge in [0.1, 0.15) is 11.9 Å². The third-order valence-corrected chi connectivity index (χ3v) is 3.62. The smallest absolute Gasteiger partial charge is 0.120 e. The van der Waals surface area contributed by atoms with E-state index in [4.69, 9.17) is 9.84 Å². The van der Waals surface area contributed by atoms with E-state index in [1.807, 2.05) is 18.2 Å². The molecule has 2 rings (SSSR count).